The first-order valence-electron chi connectivity index (χ1n) is 6.02. The molecular weight excluding hydrogens is 381 g/mol. The first-order chi connectivity index (χ1) is 8.26. The zero-order valence-electron chi connectivity index (χ0n) is 10.8. The molecular formula is C12H21ClIN3S. The van der Waals surface area contributed by atoms with E-state index in [1.807, 2.05) is 6.07 Å². The van der Waals surface area contributed by atoms with Crippen LogP contribution >= 0.6 is 46.9 Å². The number of aliphatic imine (C=N–C) groups is 1. The number of halogens is 2. The third-order valence-electron chi connectivity index (χ3n) is 2.13. The van der Waals surface area contributed by atoms with Gasteiger partial charge in [-0.3, -0.25) is 4.99 Å². The van der Waals surface area contributed by atoms with Crippen LogP contribution < -0.4 is 10.6 Å². The summed E-state index contributed by atoms with van der Waals surface area (Å²) < 4.78 is 0.853. The Morgan fingerprint density at radius 3 is 2.67 bits per heavy atom. The number of hydrogen-bond acceptors (Lipinski definition) is 2. The maximum atomic E-state index is 5.88. The van der Waals surface area contributed by atoms with Crippen LogP contribution in [0.4, 0.5) is 0 Å². The predicted octanol–water partition coefficient (Wildman–Crippen LogP) is 3.53. The molecule has 104 valence electrons. The molecule has 0 aliphatic heterocycles. The Morgan fingerprint density at radius 1 is 1.33 bits per heavy atom. The van der Waals surface area contributed by atoms with Crippen molar-refractivity contribution in [1.82, 2.24) is 10.6 Å². The molecule has 2 N–H and O–H groups in total. The zero-order valence-corrected chi connectivity index (χ0v) is 14.7. The molecule has 1 rings (SSSR count). The van der Waals surface area contributed by atoms with Gasteiger partial charge in [-0.25, -0.2) is 0 Å². The van der Waals surface area contributed by atoms with Gasteiger partial charge in [-0.2, -0.15) is 0 Å². The maximum Gasteiger partial charge on any atom is 0.191 e. The molecule has 3 nitrogen and oxygen atoms in total. The summed E-state index contributed by atoms with van der Waals surface area (Å²) in [7, 11) is 0. The predicted molar refractivity (Wildman–Crippen MR) is 92.7 cm³/mol. The SMILES string of the molecule is CCCN=C(NCC)NCCc1ccc(Cl)s1.I. The van der Waals surface area contributed by atoms with Crippen molar-refractivity contribution < 1.29 is 0 Å². The molecule has 0 saturated heterocycles. The van der Waals surface area contributed by atoms with Gasteiger partial charge in [0.25, 0.3) is 0 Å². The van der Waals surface area contributed by atoms with Crippen molar-refractivity contribution in [3.8, 4) is 0 Å². The number of nitrogens with zero attached hydrogens (tertiary/aromatic N) is 1. The van der Waals surface area contributed by atoms with Crippen molar-refractivity contribution in [3.63, 3.8) is 0 Å². The zero-order chi connectivity index (χ0) is 12.5. The van der Waals surface area contributed by atoms with Crippen LogP contribution in [0.2, 0.25) is 4.34 Å². The summed E-state index contributed by atoms with van der Waals surface area (Å²) in [6, 6.07) is 4.02. The molecule has 0 radical (unpaired) electrons. The second-order valence-corrected chi connectivity index (χ2v) is 5.44. The molecule has 0 bridgehead atoms. The highest BCUT2D eigenvalue weighted by atomic mass is 127. The van der Waals surface area contributed by atoms with Crippen molar-refractivity contribution >= 4 is 52.9 Å². The van der Waals surface area contributed by atoms with Gasteiger partial charge in [-0.15, -0.1) is 35.3 Å². The molecule has 0 fully saturated rings. The van der Waals surface area contributed by atoms with Gasteiger partial charge in [0.05, 0.1) is 4.34 Å². The van der Waals surface area contributed by atoms with Gasteiger partial charge >= 0.3 is 0 Å². The standard InChI is InChI=1S/C12H20ClN3S.HI/c1-3-8-15-12(14-4-2)16-9-7-10-5-6-11(13)17-10;/h5-6H,3-4,7-9H2,1-2H3,(H2,14,15,16);1H. The smallest absolute Gasteiger partial charge is 0.191 e. The fourth-order valence-corrected chi connectivity index (χ4v) is 2.44. The van der Waals surface area contributed by atoms with Crippen molar-refractivity contribution in [2.75, 3.05) is 19.6 Å². The van der Waals surface area contributed by atoms with Gasteiger partial charge in [-0.1, -0.05) is 18.5 Å². The first kappa shape index (κ1) is 18.0. The Bertz CT molecular complexity index is 355. The van der Waals surface area contributed by atoms with E-state index in [0.29, 0.717) is 0 Å². The van der Waals surface area contributed by atoms with Crippen molar-refractivity contribution in [2.24, 2.45) is 4.99 Å². The van der Waals surface area contributed by atoms with E-state index < -0.39 is 0 Å². The number of hydrogen-bond donors (Lipinski definition) is 2. The average Bonchev–Trinajstić information content (AvgIpc) is 2.72. The normalized spacial score (nSPS) is 10.9. The number of nitrogens with one attached hydrogen (secondary N) is 2. The molecule has 1 aromatic rings. The van der Waals surface area contributed by atoms with E-state index in [1.54, 1.807) is 11.3 Å². The van der Waals surface area contributed by atoms with Crippen LogP contribution in [0, 0.1) is 0 Å². The van der Waals surface area contributed by atoms with E-state index in [0.717, 1.165) is 42.8 Å². The summed E-state index contributed by atoms with van der Waals surface area (Å²) in [5, 5.41) is 6.54. The third kappa shape index (κ3) is 7.43. The number of thiophene rings is 1. The minimum absolute atomic E-state index is 0. The largest absolute Gasteiger partial charge is 0.357 e. The molecule has 0 aliphatic carbocycles. The third-order valence-corrected chi connectivity index (χ3v) is 3.42. The molecule has 1 heterocycles. The fraction of sp³-hybridized carbons (Fsp3) is 0.583. The highest BCUT2D eigenvalue weighted by molar-refractivity contribution is 14.0. The van der Waals surface area contributed by atoms with E-state index in [1.165, 1.54) is 4.88 Å². The molecule has 0 atom stereocenters. The van der Waals surface area contributed by atoms with Gasteiger partial charge in [0.15, 0.2) is 5.96 Å². The highest BCUT2D eigenvalue weighted by Gasteiger charge is 1.99. The van der Waals surface area contributed by atoms with E-state index >= 15 is 0 Å². The summed E-state index contributed by atoms with van der Waals surface area (Å²) in [5.41, 5.74) is 0. The fourth-order valence-electron chi connectivity index (χ4n) is 1.36. The summed E-state index contributed by atoms with van der Waals surface area (Å²) in [5.74, 6) is 0.900. The van der Waals surface area contributed by atoms with Crippen molar-refractivity contribution in [3.05, 3.63) is 21.3 Å². The van der Waals surface area contributed by atoms with E-state index in [9.17, 15) is 0 Å². The minimum Gasteiger partial charge on any atom is -0.357 e. The molecule has 0 spiro atoms. The van der Waals surface area contributed by atoms with Gasteiger partial charge < -0.3 is 10.6 Å². The molecule has 1 aromatic heterocycles. The van der Waals surface area contributed by atoms with Crippen LogP contribution in [0.25, 0.3) is 0 Å². The molecule has 0 saturated carbocycles. The molecule has 0 aliphatic rings. The van der Waals surface area contributed by atoms with Crippen LogP contribution in [-0.4, -0.2) is 25.6 Å². The van der Waals surface area contributed by atoms with E-state index in [4.69, 9.17) is 11.6 Å². The lowest BCUT2D eigenvalue weighted by Gasteiger charge is -2.10. The van der Waals surface area contributed by atoms with Crippen LogP contribution in [-0.2, 0) is 6.42 Å². The molecule has 0 amide bonds. The quantitative estimate of drug-likeness (QED) is 0.435. The maximum absolute atomic E-state index is 5.88. The Labute approximate surface area is 135 Å². The summed E-state index contributed by atoms with van der Waals surface area (Å²) in [4.78, 5) is 5.74. The summed E-state index contributed by atoms with van der Waals surface area (Å²) in [6.45, 7) is 6.83. The van der Waals surface area contributed by atoms with Crippen molar-refractivity contribution in [1.29, 1.82) is 0 Å². The lowest BCUT2D eigenvalue weighted by Crippen LogP contribution is -2.38. The van der Waals surface area contributed by atoms with Gasteiger partial charge in [0.2, 0.25) is 0 Å². The Hall–Kier alpha value is -0.0100. The van der Waals surface area contributed by atoms with Gasteiger partial charge in [-0.05, 0) is 31.9 Å². The second-order valence-electron chi connectivity index (χ2n) is 3.64. The molecule has 18 heavy (non-hydrogen) atoms. The van der Waals surface area contributed by atoms with E-state index in [-0.39, 0.29) is 24.0 Å². The average molecular weight is 402 g/mol. The minimum atomic E-state index is 0. The Kier molecular flexibility index (Phi) is 10.9. The van der Waals surface area contributed by atoms with Gasteiger partial charge in [0.1, 0.15) is 0 Å². The highest BCUT2D eigenvalue weighted by Crippen LogP contribution is 2.21. The Morgan fingerprint density at radius 2 is 2.11 bits per heavy atom. The topological polar surface area (TPSA) is 36.4 Å². The summed E-state index contributed by atoms with van der Waals surface area (Å²) >= 11 is 7.52. The first-order valence-corrected chi connectivity index (χ1v) is 7.22. The van der Waals surface area contributed by atoms with Gasteiger partial charge in [0, 0.05) is 24.5 Å². The lowest BCUT2D eigenvalue weighted by molar-refractivity contribution is 0.798. The molecule has 0 unspecified atom stereocenters. The summed E-state index contributed by atoms with van der Waals surface area (Å²) in [6.07, 6.45) is 2.05. The van der Waals surface area contributed by atoms with Crippen LogP contribution in [0.3, 0.4) is 0 Å². The van der Waals surface area contributed by atoms with E-state index in [2.05, 4.69) is 35.5 Å². The van der Waals surface area contributed by atoms with Crippen LogP contribution in [0.1, 0.15) is 25.1 Å². The number of rotatable bonds is 6. The van der Waals surface area contributed by atoms with Crippen LogP contribution in [0.5, 0.6) is 0 Å². The molecule has 0 aromatic carbocycles. The van der Waals surface area contributed by atoms with Crippen LogP contribution in [0.15, 0.2) is 17.1 Å². The monoisotopic (exact) mass is 401 g/mol. The second kappa shape index (κ2) is 10.9. The van der Waals surface area contributed by atoms with Crippen molar-refractivity contribution in [2.45, 2.75) is 26.7 Å². The molecule has 6 heteroatoms. The lowest BCUT2D eigenvalue weighted by atomic mass is 10.3. The number of guanidine groups is 1. The Balaban J connectivity index is 0.00000289.